The van der Waals surface area contributed by atoms with Crippen LogP contribution in [0.15, 0.2) is 97.3 Å². The van der Waals surface area contributed by atoms with Gasteiger partial charge in [0.2, 0.25) is 0 Å². The molecule has 2 aliphatic heterocycles. The van der Waals surface area contributed by atoms with Crippen molar-refractivity contribution in [1.82, 2.24) is 9.97 Å². The number of rotatable bonds is 6. The number of fused-ring (bicyclic) bond motifs is 2. The van der Waals surface area contributed by atoms with Crippen LogP contribution in [0.1, 0.15) is 76.9 Å². The topological polar surface area (TPSA) is 154 Å². The van der Waals surface area contributed by atoms with Crippen LogP contribution in [0.5, 0.6) is 0 Å². The van der Waals surface area contributed by atoms with Crippen LogP contribution < -0.4 is 11.5 Å². The monoisotopic (exact) mass is 791 g/mol. The predicted octanol–water partition coefficient (Wildman–Crippen LogP) is 8.81. The highest BCUT2D eigenvalue weighted by Crippen LogP contribution is 2.51. The van der Waals surface area contributed by atoms with E-state index in [-0.39, 0.29) is 47.8 Å². The second-order valence-corrected chi connectivity index (χ2v) is 17.8. The molecule has 59 heavy (non-hydrogen) atoms. The van der Waals surface area contributed by atoms with E-state index < -0.39 is 11.1 Å². The molecule has 4 fully saturated rings. The van der Waals surface area contributed by atoms with Gasteiger partial charge >= 0.3 is 11.9 Å². The van der Waals surface area contributed by atoms with Crippen molar-refractivity contribution in [3.05, 3.63) is 120 Å². The van der Waals surface area contributed by atoms with E-state index in [9.17, 15) is 9.59 Å². The molecule has 2 aliphatic carbocycles. The molecule has 4 N–H and O–H groups in total. The van der Waals surface area contributed by atoms with Gasteiger partial charge in [-0.15, -0.1) is 0 Å². The first kappa shape index (κ1) is 41.7. The summed E-state index contributed by atoms with van der Waals surface area (Å²) in [6, 6.07) is 26.1. The van der Waals surface area contributed by atoms with Crippen molar-refractivity contribution < 1.29 is 19.1 Å². The fraction of sp³-hybridized carbons (Fsp3) is 0.420. The van der Waals surface area contributed by atoms with Crippen molar-refractivity contribution in [2.24, 2.45) is 58.8 Å². The van der Waals surface area contributed by atoms with Crippen LogP contribution in [0.4, 0.5) is 0 Å². The highest BCUT2D eigenvalue weighted by Gasteiger charge is 2.61. The second kappa shape index (κ2) is 16.7. The third-order valence-electron chi connectivity index (χ3n) is 14.0. The van der Waals surface area contributed by atoms with Gasteiger partial charge in [0, 0.05) is 35.4 Å². The van der Waals surface area contributed by atoms with Crippen molar-refractivity contribution in [2.75, 3.05) is 0 Å². The van der Waals surface area contributed by atoms with Gasteiger partial charge in [-0.3, -0.25) is 19.6 Å². The van der Waals surface area contributed by atoms with E-state index in [1.807, 2.05) is 80.8 Å². The molecule has 12 atom stereocenters. The Kier molecular flexibility index (Phi) is 11.8. The first-order valence-corrected chi connectivity index (χ1v) is 21.0. The van der Waals surface area contributed by atoms with Gasteiger partial charge in [0.25, 0.3) is 0 Å². The number of benzene rings is 2. The Morgan fingerprint density at radius 3 is 1.66 bits per heavy atom. The standard InChI is InChI=1S/C25H27N3O2.C25H30N2O2/c1-15-12-25(27)23(17(3)30-24(25)29)22(16(15)2)10-9-21-8-7-20(14-28-21)19-6-4-5-18(11-19)13-26;1-15-7-5-6-8-21(15)19-9-10-20(27-14-19)11-12-22-17(3)16(2)13-25(26)23(22)18(4)29-24(25)28/h4-11,14-17,22-23H,12,27H2,1-3H3;5-12,14,16-18,22-23H,13,26H2,1-4H3/b10-9+;12-11+/t15-,16+,17+,22-,23-,25-;16-,17+,18+,22-,23-,25-/m00/s1. The Balaban J connectivity index is 0.000000179. The first-order chi connectivity index (χ1) is 28.1. The number of esters is 2. The highest BCUT2D eigenvalue weighted by atomic mass is 16.6. The number of hydrogen-bond donors (Lipinski definition) is 2. The SMILES string of the molecule is C[C@H]1[C@H](/C=C/c2ccc(-c3cccc(C#N)c3)cn2)[C@@H]2[C@@H](C)OC(=O)[C@]2(N)C[C@@H]1C.Cc1ccccc1-c1ccc(/C=C/[C@H]2[C@H](C)[C@@H](C)C[C@@]3(N)C(=O)O[C@H](C)[C@@H]23)nc1. The van der Waals surface area contributed by atoms with Gasteiger partial charge in [-0.05, 0) is 122 Å². The maximum atomic E-state index is 12.4. The Bertz CT molecular complexity index is 2280. The van der Waals surface area contributed by atoms with Gasteiger partial charge in [-0.1, -0.05) is 88.4 Å². The number of carbonyl (C=O) groups excluding carboxylic acids is 2. The minimum absolute atomic E-state index is 0.00342. The number of nitriles is 1. The van der Waals surface area contributed by atoms with Crippen LogP contribution in [-0.2, 0) is 19.1 Å². The van der Waals surface area contributed by atoms with E-state index in [1.165, 1.54) is 11.1 Å². The van der Waals surface area contributed by atoms with E-state index in [0.29, 0.717) is 42.1 Å². The lowest BCUT2D eigenvalue weighted by atomic mass is 9.59. The molecule has 8 rings (SSSR count). The summed E-state index contributed by atoms with van der Waals surface area (Å²) in [5.41, 5.74) is 19.3. The number of nitrogens with two attached hydrogens (primary N) is 2. The fourth-order valence-corrected chi connectivity index (χ4v) is 10.4. The van der Waals surface area contributed by atoms with Crippen LogP contribution in [0.25, 0.3) is 34.4 Å². The van der Waals surface area contributed by atoms with Gasteiger partial charge in [-0.2, -0.15) is 5.26 Å². The zero-order valence-corrected chi connectivity index (χ0v) is 35.2. The number of hydrogen-bond acceptors (Lipinski definition) is 9. The Hall–Kier alpha value is -5.43. The summed E-state index contributed by atoms with van der Waals surface area (Å²) < 4.78 is 11.1. The lowest BCUT2D eigenvalue weighted by Crippen LogP contribution is -2.58. The van der Waals surface area contributed by atoms with Crippen LogP contribution in [0.2, 0.25) is 0 Å². The van der Waals surface area contributed by atoms with Gasteiger partial charge in [0.15, 0.2) is 0 Å². The highest BCUT2D eigenvalue weighted by molar-refractivity contribution is 5.84. The van der Waals surface area contributed by atoms with Gasteiger partial charge in [0.05, 0.1) is 23.0 Å². The summed E-state index contributed by atoms with van der Waals surface area (Å²) in [6.07, 6.45) is 13.2. The lowest BCUT2D eigenvalue weighted by molar-refractivity contribution is -0.146. The zero-order valence-electron chi connectivity index (χ0n) is 35.2. The molecule has 0 spiro atoms. The minimum atomic E-state index is -0.899. The van der Waals surface area contributed by atoms with Gasteiger partial charge in [0.1, 0.15) is 23.3 Å². The molecular weight excluding hydrogens is 735 g/mol. The van der Waals surface area contributed by atoms with Crippen molar-refractivity contribution in [3.63, 3.8) is 0 Å². The van der Waals surface area contributed by atoms with Gasteiger partial charge < -0.3 is 20.9 Å². The molecule has 0 unspecified atom stereocenters. The quantitative estimate of drug-likeness (QED) is 0.182. The summed E-state index contributed by atoms with van der Waals surface area (Å²) in [7, 11) is 0. The molecule has 2 aromatic heterocycles. The summed E-state index contributed by atoms with van der Waals surface area (Å²) in [5, 5.41) is 9.09. The maximum absolute atomic E-state index is 12.4. The largest absolute Gasteiger partial charge is 0.461 e. The van der Waals surface area contributed by atoms with E-state index in [0.717, 1.165) is 28.1 Å². The van der Waals surface area contributed by atoms with E-state index >= 15 is 0 Å². The Labute approximate surface area is 348 Å². The molecule has 4 aromatic rings. The van der Waals surface area contributed by atoms with E-state index in [2.05, 4.69) is 87.1 Å². The first-order valence-electron chi connectivity index (χ1n) is 21.0. The number of aromatic nitrogens is 2. The second-order valence-electron chi connectivity index (χ2n) is 17.8. The maximum Gasteiger partial charge on any atom is 0.326 e. The Morgan fingerprint density at radius 1 is 0.678 bits per heavy atom. The van der Waals surface area contributed by atoms with Crippen molar-refractivity contribution in [3.8, 4) is 28.3 Å². The molecule has 306 valence electrons. The number of aryl methyl sites for hydroxylation is 1. The molecule has 4 heterocycles. The van der Waals surface area contributed by atoms with E-state index in [1.54, 1.807) is 6.07 Å². The fourth-order valence-electron chi connectivity index (χ4n) is 10.4. The minimum Gasteiger partial charge on any atom is -0.461 e. The van der Waals surface area contributed by atoms with E-state index in [4.69, 9.17) is 26.2 Å². The molecule has 9 nitrogen and oxygen atoms in total. The zero-order chi connectivity index (χ0) is 42.2. The third kappa shape index (κ3) is 8.01. The smallest absolute Gasteiger partial charge is 0.326 e. The number of ether oxygens (including phenoxy) is 2. The number of carbonyl (C=O) groups is 2. The number of nitrogens with zero attached hydrogens (tertiary/aromatic N) is 3. The molecule has 0 radical (unpaired) electrons. The number of cyclic esters (lactones) is 2. The molecule has 9 heteroatoms. The molecule has 0 amide bonds. The normalized spacial score (nSPS) is 33.7. The van der Waals surface area contributed by atoms with Gasteiger partial charge in [-0.25, -0.2) is 0 Å². The predicted molar refractivity (Wildman–Crippen MR) is 232 cm³/mol. The summed E-state index contributed by atoms with van der Waals surface area (Å²) >= 11 is 0. The summed E-state index contributed by atoms with van der Waals surface area (Å²) in [4.78, 5) is 34.1. The molecule has 0 bridgehead atoms. The summed E-state index contributed by atoms with van der Waals surface area (Å²) in [6.45, 7) is 14.9. The van der Waals surface area contributed by atoms with Crippen LogP contribution >= 0.6 is 0 Å². The Morgan fingerprint density at radius 2 is 1.19 bits per heavy atom. The average molecular weight is 792 g/mol. The third-order valence-corrected chi connectivity index (χ3v) is 14.0. The van der Waals surface area contributed by atoms with Crippen molar-refractivity contribution in [1.29, 1.82) is 5.26 Å². The average Bonchev–Trinajstić information content (AvgIpc) is 3.59. The molecule has 2 aromatic carbocycles. The number of pyridine rings is 2. The lowest BCUT2D eigenvalue weighted by Gasteiger charge is -2.45. The van der Waals surface area contributed by atoms with Crippen LogP contribution in [0, 0.1) is 65.6 Å². The molecule has 2 saturated carbocycles. The molecule has 4 aliphatic rings. The summed E-state index contributed by atoms with van der Waals surface area (Å²) in [5.74, 6) is 1.32. The van der Waals surface area contributed by atoms with Crippen LogP contribution in [0.3, 0.4) is 0 Å². The van der Waals surface area contributed by atoms with Crippen LogP contribution in [-0.4, -0.2) is 45.2 Å². The van der Waals surface area contributed by atoms with Crippen molar-refractivity contribution in [2.45, 2.75) is 84.6 Å². The number of allylic oxidation sites excluding steroid dienone is 2. The molecular formula is C50H57N5O4. The van der Waals surface area contributed by atoms with Crippen molar-refractivity contribution >= 4 is 24.1 Å². The molecule has 2 saturated heterocycles.